The van der Waals surface area contributed by atoms with E-state index in [4.69, 9.17) is 9.47 Å². The van der Waals surface area contributed by atoms with Crippen molar-refractivity contribution >= 4 is 45.2 Å². The minimum atomic E-state index is -0.575. The summed E-state index contributed by atoms with van der Waals surface area (Å²) in [6, 6.07) is 3.96. The number of hydrogen-bond acceptors (Lipinski definition) is 9. The summed E-state index contributed by atoms with van der Waals surface area (Å²) in [4.78, 5) is 39.8. The van der Waals surface area contributed by atoms with E-state index in [1.165, 1.54) is 23.4 Å². The summed E-state index contributed by atoms with van der Waals surface area (Å²) in [5.74, 6) is -0.0870. The van der Waals surface area contributed by atoms with Crippen LogP contribution in [0.1, 0.15) is 44.4 Å². The van der Waals surface area contributed by atoms with Crippen molar-refractivity contribution in [3.05, 3.63) is 35.4 Å². The Morgan fingerprint density at radius 2 is 1.97 bits per heavy atom. The van der Waals surface area contributed by atoms with Gasteiger partial charge in [-0.25, -0.2) is 24.1 Å². The number of nitrogens with zero attached hydrogens (tertiary/aromatic N) is 4. The van der Waals surface area contributed by atoms with Crippen LogP contribution in [0.15, 0.2) is 24.5 Å². The molecule has 0 aliphatic carbocycles. The number of amides is 2. The maximum absolute atomic E-state index is 13.7. The number of hydrogen-bond donors (Lipinski definition) is 2. The van der Waals surface area contributed by atoms with Gasteiger partial charge in [0.2, 0.25) is 0 Å². The van der Waals surface area contributed by atoms with E-state index in [1.807, 2.05) is 13.8 Å². The molecule has 1 saturated heterocycles. The number of carbonyl (C=O) groups excluding carboxylic acids is 2. The summed E-state index contributed by atoms with van der Waals surface area (Å²) in [7, 11) is 0. The number of fused-ring (bicyclic) bond motifs is 1. The van der Waals surface area contributed by atoms with Gasteiger partial charge in [0.15, 0.2) is 10.8 Å². The second-order valence-electron chi connectivity index (χ2n) is 9.38. The highest BCUT2D eigenvalue weighted by Gasteiger charge is 2.35. The Bertz CT molecular complexity index is 1250. The Hall–Kier alpha value is -3.54. The lowest BCUT2D eigenvalue weighted by Crippen LogP contribution is -2.61. The van der Waals surface area contributed by atoms with Crippen molar-refractivity contribution in [2.45, 2.75) is 52.4 Å². The molecule has 3 aromatic rings. The lowest BCUT2D eigenvalue weighted by atomic mass is 10.1. The monoisotopic (exact) mass is 502 g/mol. The fraction of sp³-hybridized carbons (Fsp3) is 0.435. The van der Waals surface area contributed by atoms with E-state index in [9.17, 15) is 14.0 Å². The van der Waals surface area contributed by atoms with Gasteiger partial charge in [-0.05, 0) is 46.8 Å². The number of benzene rings is 1. The van der Waals surface area contributed by atoms with Crippen molar-refractivity contribution in [1.29, 1.82) is 0 Å². The Balaban J connectivity index is 1.45. The number of aromatic nitrogens is 3. The van der Waals surface area contributed by atoms with Crippen LogP contribution in [0.25, 0.3) is 10.3 Å². The van der Waals surface area contributed by atoms with E-state index in [-0.39, 0.29) is 23.1 Å². The minimum absolute atomic E-state index is 0.157. The third-order valence-corrected chi connectivity index (χ3v) is 5.78. The first-order valence-electron chi connectivity index (χ1n) is 11.1. The molecule has 0 spiro atoms. The number of likely N-dealkylation sites (tertiary alicyclic amines) is 1. The maximum atomic E-state index is 13.7. The predicted molar refractivity (Wildman–Crippen MR) is 130 cm³/mol. The molecule has 1 aliphatic heterocycles. The topological polar surface area (TPSA) is 119 Å². The summed E-state index contributed by atoms with van der Waals surface area (Å²) in [6.07, 6.45) is 0.799. The SMILES string of the molecule is CC(C)Oc1cc(F)ccc1Nc1ncnc2sc(C(=O)NC3CN(C(=O)OC(C)(C)C)C3)nc12. The van der Waals surface area contributed by atoms with Crippen LogP contribution in [0.4, 0.5) is 20.7 Å². The molecule has 1 fully saturated rings. The first-order valence-corrected chi connectivity index (χ1v) is 11.9. The van der Waals surface area contributed by atoms with Gasteiger partial charge in [0.25, 0.3) is 5.91 Å². The predicted octanol–water partition coefficient (Wildman–Crippen LogP) is 4.11. The van der Waals surface area contributed by atoms with Crippen molar-refractivity contribution in [3.63, 3.8) is 0 Å². The molecule has 0 saturated carbocycles. The number of halogens is 1. The first kappa shape index (κ1) is 24.6. The van der Waals surface area contributed by atoms with Gasteiger partial charge in [0.1, 0.15) is 33.8 Å². The zero-order valence-corrected chi connectivity index (χ0v) is 20.9. The summed E-state index contributed by atoms with van der Waals surface area (Å²) >= 11 is 1.13. The highest BCUT2D eigenvalue weighted by Crippen LogP contribution is 2.32. The number of ether oxygens (including phenoxy) is 2. The van der Waals surface area contributed by atoms with Crippen molar-refractivity contribution in [3.8, 4) is 5.75 Å². The molecule has 2 amide bonds. The van der Waals surface area contributed by atoms with Gasteiger partial charge >= 0.3 is 6.09 Å². The van der Waals surface area contributed by atoms with Gasteiger partial charge in [-0.2, -0.15) is 0 Å². The minimum Gasteiger partial charge on any atom is -0.489 e. The van der Waals surface area contributed by atoms with Gasteiger partial charge in [-0.3, -0.25) is 4.79 Å². The van der Waals surface area contributed by atoms with Crippen LogP contribution in [0.2, 0.25) is 0 Å². The van der Waals surface area contributed by atoms with E-state index in [1.54, 1.807) is 26.8 Å². The number of carbonyl (C=O) groups is 2. The van der Waals surface area contributed by atoms with Crippen LogP contribution < -0.4 is 15.4 Å². The number of rotatable bonds is 6. The fourth-order valence-corrected chi connectivity index (χ4v) is 4.12. The van der Waals surface area contributed by atoms with Crippen LogP contribution in [0.3, 0.4) is 0 Å². The Kier molecular flexibility index (Phi) is 6.75. The molecule has 1 aromatic carbocycles. The van der Waals surface area contributed by atoms with Crippen molar-refractivity contribution in [1.82, 2.24) is 25.2 Å². The van der Waals surface area contributed by atoms with Gasteiger partial charge in [0.05, 0.1) is 17.8 Å². The number of nitrogens with one attached hydrogen (secondary N) is 2. The molecule has 0 atom stereocenters. The maximum Gasteiger partial charge on any atom is 0.410 e. The molecule has 1 aliphatic rings. The number of thiazole rings is 1. The summed E-state index contributed by atoms with van der Waals surface area (Å²) in [5.41, 5.74) is 0.344. The van der Waals surface area contributed by atoms with E-state index >= 15 is 0 Å². The third-order valence-electron chi connectivity index (χ3n) is 4.82. The van der Waals surface area contributed by atoms with Gasteiger partial charge in [-0.1, -0.05) is 11.3 Å². The van der Waals surface area contributed by atoms with E-state index in [2.05, 4.69) is 25.6 Å². The second kappa shape index (κ2) is 9.61. The molecule has 12 heteroatoms. The normalized spacial score (nSPS) is 14.1. The molecule has 0 bridgehead atoms. The lowest BCUT2D eigenvalue weighted by molar-refractivity contribution is 0.00533. The molecule has 3 heterocycles. The molecule has 2 N–H and O–H groups in total. The first-order chi connectivity index (χ1) is 16.5. The highest BCUT2D eigenvalue weighted by molar-refractivity contribution is 7.19. The Morgan fingerprint density at radius 3 is 2.66 bits per heavy atom. The lowest BCUT2D eigenvalue weighted by Gasteiger charge is -2.39. The van der Waals surface area contributed by atoms with Gasteiger partial charge < -0.3 is 25.0 Å². The average Bonchev–Trinajstić information content (AvgIpc) is 3.16. The van der Waals surface area contributed by atoms with Crippen LogP contribution in [0.5, 0.6) is 5.75 Å². The van der Waals surface area contributed by atoms with Crippen LogP contribution >= 0.6 is 11.3 Å². The van der Waals surface area contributed by atoms with Gasteiger partial charge in [0, 0.05) is 19.2 Å². The van der Waals surface area contributed by atoms with E-state index < -0.39 is 17.5 Å². The highest BCUT2D eigenvalue weighted by atomic mass is 32.1. The Labute approximate surface area is 205 Å². The zero-order valence-electron chi connectivity index (χ0n) is 20.1. The van der Waals surface area contributed by atoms with Crippen LogP contribution in [-0.2, 0) is 4.74 Å². The largest absolute Gasteiger partial charge is 0.489 e. The molecule has 186 valence electrons. The van der Waals surface area contributed by atoms with Crippen LogP contribution in [0, 0.1) is 5.82 Å². The zero-order chi connectivity index (χ0) is 25.3. The van der Waals surface area contributed by atoms with Crippen molar-refractivity contribution in [2.75, 3.05) is 18.4 Å². The van der Waals surface area contributed by atoms with E-state index in [0.29, 0.717) is 40.7 Å². The molecule has 10 nitrogen and oxygen atoms in total. The molecule has 35 heavy (non-hydrogen) atoms. The number of anilines is 2. The molecule has 0 radical (unpaired) electrons. The van der Waals surface area contributed by atoms with Crippen LogP contribution in [-0.4, -0.2) is 62.7 Å². The molecule has 4 rings (SSSR count). The third kappa shape index (κ3) is 5.94. The summed E-state index contributed by atoms with van der Waals surface area (Å²) in [6.45, 7) is 9.82. The average molecular weight is 503 g/mol. The summed E-state index contributed by atoms with van der Waals surface area (Å²) in [5, 5.41) is 6.21. The molecule has 2 aromatic heterocycles. The quantitative estimate of drug-likeness (QED) is 0.517. The Morgan fingerprint density at radius 1 is 1.23 bits per heavy atom. The second-order valence-corrected chi connectivity index (χ2v) is 10.4. The van der Waals surface area contributed by atoms with Crippen molar-refractivity contribution < 1.29 is 23.5 Å². The fourth-order valence-electron chi connectivity index (χ4n) is 3.31. The van der Waals surface area contributed by atoms with Gasteiger partial charge in [-0.15, -0.1) is 0 Å². The van der Waals surface area contributed by atoms with Crippen molar-refractivity contribution in [2.24, 2.45) is 0 Å². The standard InChI is InChI=1S/C23H27FN6O4S/c1-12(2)33-16-8-13(24)6-7-15(16)28-18-17-20(26-11-25-18)35-21(29-17)19(31)27-14-9-30(10-14)22(32)34-23(3,4)5/h6-8,11-12,14H,9-10H2,1-5H3,(H,27,31)(H,25,26,28). The molecule has 0 unspecified atom stereocenters. The molecular weight excluding hydrogens is 475 g/mol. The van der Waals surface area contributed by atoms with E-state index in [0.717, 1.165) is 11.3 Å². The molecular formula is C23H27FN6O4S. The smallest absolute Gasteiger partial charge is 0.410 e. The summed E-state index contributed by atoms with van der Waals surface area (Å²) < 4.78 is 24.8.